The number of ether oxygens (including phenoxy) is 2. The molecular weight excluding hydrogens is 514 g/mol. The van der Waals surface area contributed by atoms with Crippen LogP contribution in [0.3, 0.4) is 0 Å². The Labute approximate surface area is 220 Å². The van der Waals surface area contributed by atoms with E-state index in [4.69, 9.17) is 25.5 Å². The van der Waals surface area contributed by atoms with Crippen LogP contribution in [0.1, 0.15) is 21.9 Å². The van der Waals surface area contributed by atoms with Gasteiger partial charge in [0, 0.05) is 16.8 Å². The van der Waals surface area contributed by atoms with E-state index in [2.05, 4.69) is 11.9 Å². The van der Waals surface area contributed by atoms with Gasteiger partial charge in [0.05, 0.1) is 16.9 Å². The summed E-state index contributed by atoms with van der Waals surface area (Å²) in [6, 6.07) is 20.8. The highest BCUT2D eigenvalue weighted by molar-refractivity contribution is 7.91. The Morgan fingerprint density at radius 2 is 1.78 bits per heavy atom. The number of anilines is 1. The maximum Gasteiger partial charge on any atom is 0.291 e. The number of methoxy groups -OCH3 is 1. The van der Waals surface area contributed by atoms with E-state index in [1.807, 2.05) is 24.3 Å². The minimum atomic E-state index is -3.88. The van der Waals surface area contributed by atoms with Crippen LogP contribution in [0.4, 0.5) is 5.69 Å². The van der Waals surface area contributed by atoms with Gasteiger partial charge in [-0.25, -0.2) is 8.42 Å². The number of hydrogen-bond donors (Lipinski definition) is 1. The zero-order chi connectivity index (χ0) is 26.4. The molecule has 190 valence electrons. The topological polar surface area (TPSA) is 94.8 Å². The van der Waals surface area contributed by atoms with Crippen LogP contribution in [-0.4, -0.2) is 21.4 Å². The zero-order valence-corrected chi connectivity index (χ0v) is 21.5. The van der Waals surface area contributed by atoms with Gasteiger partial charge in [-0.1, -0.05) is 35.9 Å². The van der Waals surface area contributed by atoms with Crippen molar-refractivity contribution in [3.8, 4) is 11.5 Å². The second-order valence-corrected chi connectivity index (χ2v) is 10.3. The minimum Gasteiger partial charge on any atom is -0.497 e. The Bertz CT molecular complexity index is 1530. The van der Waals surface area contributed by atoms with Crippen molar-refractivity contribution >= 4 is 33.0 Å². The molecule has 0 unspecified atom stereocenters. The highest BCUT2D eigenvalue weighted by Gasteiger charge is 2.21. The van der Waals surface area contributed by atoms with Crippen LogP contribution in [-0.2, 0) is 22.9 Å². The molecule has 4 rings (SSSR count). The molecule has 0 saturated carbocycles. The standard InChI is InChI=1S/C28H24ClNO6S/c1-3-6-19-7-4-5-8-26(19)35-18-22-11-14-27(36-22)28(31)30-21-15-23(34-2)17-25(16-21)37(32,33)24-12-9-20(29)10-13-24/h3-5,7-17H,1,6,18H2,2H3,(H,30,31). The second-order valence-electron chi connectivity index (χ2n) is 7.96. The minimum absolute atomic E-state index is 0.0444. The van der Waals surface area contributed by atoms with E-state index in [0.29, 0.717) is 23.0 Å². The Hall–Kier alpha value is -4.01. The molecule has 1 amide bonds. The molecule has 0 fully saturated rings. The van der Waals surface area contributed by atoms with Crippen LogP contribution in [0.15, 0.2) is 106 Å². The zero-order valence-electron chi connectivity index (χ0n) is 19.9. The fraction of sp³-hybridized carbons (Fsp3) is 0.107. The first kappa shape index (κ1) is 26.1. The lowest BCUT2D eigenvalue weighted by atomic mass is 10.1. The number of amides is 1. The quantitative estimate of drug-likeness (QED) is 0.237. The number of para-hydroxylation sites is 1. The number of nitrogens with one attached hydrogen (secondary N) is 1. The summed E-state index contributed by atoms with van der Waals surface area (Å²) in [7, 11) is -2.48. The molecule has 0 aliphatic carbocycles. The Balaban J connectivity index is 1.50. The molecule has 0 bridgehead atoms. The largest absolute Gasteiger partial charge is 0.497 e. The van der Waals surface area contributed by atoms with Crippen LogP contribution in [0, 0.1) is 0 Å². The molecule has 3 aromatic carbocycles. The summed E-state index contributed by atoms with van der Waals surface area (Å²) < 4.78 is 43.0. The predicted molar refractivity (Wildman–Crippen MR) is 141 cm³/mol. The maximum atomic E-state index is 13.1. The molecule has 0 atom stereocenters. The Kier molecular flexibility index (Phi) is 8.01. The van der Waals surface area contributed by atoms with E-state index in [1.54, 1.807) is 12.1 Å². The van der Waals surface area contributed by atoms with Crippen molar-refractivity contribution in [1.82, 2.24) is 0 Å². The summed E-state index contributed by atoms with van der Waals surface area (Å²) in [4.78, 5) is 12.9. The van der Waals surface area contributed by atoms with Gasteiger partial charge < -0.3 is 19.2 Å². The fourth-order valence-electron chi connectivity index (χ4n) is 3.55. The van der Waals surface area contributed by atoms with Gasteiger partial charge in [-0.2, -0.15) is 0 Å². The third-order valence-electron chi connectivity index (χ3n) is 5.40. The lowest BCUT2D eigenvalue weighted by Gasteiger charge is -2.11. The molecule has 1 N–H and O–H groups in total. The molecule has 0 aliphatic heterocycles. The first-order chi connectivity index (χ1) is 17.8. The first-order valence-corrected chi connectivity index (χ1v) is 13.1. The van der Waals surface area contributed by atoms with Crippen molar-refractivity contribution in [2.75, 3.05) is 12.4 Å². The molecule has 7 nitrogen and oxygen atoms in total. The van der Waals surface area contributed by atoms with Gasteiger partial charge in [-0.05, 0) is 66.6 Å². The van der Waals surface area contributed by atoms with E-state index < -0.39 is 15.7 Å². The third kappa shape index (κ3) is 6.22. The molecule has 0 saturated heterocycles. The number of halogens is 1. The number of carbonyl (C=O) groups is 1. The van der Waals surface area contributed by atoms with Crippen LogP contribution >= 0.6 is 11.6 Å². The molecule has 4 aromatic rings. The van der Waals surface area contributed by atoms with E-state index >= 15 is 0 Å². The number of rotatable bonds is 10. The summed E-state index contributed by atoms with van der Waals surface area (Å²) in [5.74, 6) is 0.909. The summed E-state index contributed by atoms with van der Waals surface area (Å²) in [5.41, 5.74) is 1.22. The van der Waals surface area contributed by atoms with Crippen molar-refractivity contribution < 1.29 is 27.1 Å². The van der Waals surface area contributed by atoms with Gasteiger partial charge in [0.2, 0.25) is 9.84 Å². The molecule has 1 aromatic heterocycles. The highest BCUT2D eigenvalue weighted by atomic mass is 35.5. The SMILES string of the molecule is C=CCc1ccccc1OCc1ccc(C(=O)Nc2cc(OC)cc(S(=O)(=O)c3ccc(Cl)cc3)c2)o1. The molecule has 37 heavy (non-hydrogen) atoms. The second kappa shape index (κ2) is 11.4. The maximum absolute atomic E-state index is 13.1. The van der Waals surface area contributed by atoms with Crippen molar-refractivity contribution in [3.05, 3.63) is 114 Å². The van der Waals surface area contributed by atoms with Crippen molar-refractivity contribution in [2.45, 2.75) is 22.8 Å². The summed E-state index contributed by atoms with van der Waals surface area (Å²) in [6.07, 6.45) is 2.46. The number of sulfone groups is 1. The average molecular weight is 538 g/mol. The average Bonchev–Trinajstić information content (AvgIpc) is 3.38. The van der Waals surface area contributed by atoms with Crippen molar-refractivity contribution in [2.24, 2.45) is 0 Å². The lowest BCUT2D eigenvalue weighted by Crippen LogP contribution is -2.12. The van der Waals surface area contributed by atoms with Crippen LogP contribution < -0.4 is 14.8 Å². The smallest absolute Gasteiger partial charge is 0.291 e. The Morgan fingerprint density at radius 3 is 2.51 bits per heavy atom. The predicted octanol–water partition coefficient (Wildman–Crippen LogP) is 6.33. The lowest BCUT2D eigenvalue weighted by molar-refractivity contribution is 0.0992. The third-order valence-corrected chi connectivity index (χ3v) is 7.40. The van der Waals surface area contributed by atoms with Gasteiger partial charge in [0.15, 0.2) is 5.76 Å². The van der Waals surface area contributed by atoms with Gasteiger partial charge in [-0.3, -0.25) is 4.79 Å². The van der Waals surface area contributed by atoms with Crippen LogP contribution in [0.5, 0.6) is 11.5 Å². The summed E-state index contributed by atoms with van der Waals surface area (Å²) in [6.45, 7) is 3.89. The van der Waals surface area contributed by atoms with E-state index in [-0.39, 0.29) is 33.6 Å². The molecule has 9 heteroatoms. The van der Waals surface area contributed by atoms with E-state index in [0.717, 1.165) is 5.56 Å². The Morgan fingerprint density at radius 1 is 1.03 bits per heavy atom. The van der Waals surface area contributed by atoms with Crippen LogP contribution in [0.25, 0.3) is 0 Å². The van der Waals surface area contributed by atoms with E-state index in [9.17, 15) is 13.2 Å². The van der Waals surface area contributed by atoms with Crippen molar-refractivity contribution in [3.63, 3.8) is 0 Å². The molecule has 0 radical (unpaired) electrons. The molecule has 0 spiro atoms. The summed E-state index contributed by atoms with van der Waals surface area (Å²) >= 11 is 5.89. The number of benzene rings is 3. The first-order valence-electron chi connectivity index (χ1n) is 11.2. The highest BCUT2D eigenvalue weighted by Crippen LogP contribution is 2.29. The number of hydrogen-bond acceptors (Lipinski definition) is 6. The molecule has 0 aliphatic rings. The molecular formula is C28H24ClNO6S. The van der Waals surface area contributed by atoms with Crippen LogP contribution in [0.2, 0.25) is 5.02 Å². The van der Waals surface area contributed by atoms with Gasteiger partial charge in [0.1, 0.15) is 23.9 Å². The molecule has 1 heterocycles. The van der Waals surface area contributed by atoms with Crippen molar-refractivity contribution in [1.29, 1.82) is 0 Å². The normalized spacial score (nSPS) is 11.1. The monoisotopic (exact) mass is 537 g/mol. The number of furan rings is 1. The fourth-order valence-corrected chi connectivity index (χ4v) is 5.00. The van der Waals surface area contributed by atoms with Gasteiger partial charge >= 0.3 is 0 Å². The summed E-state index contributed by atoms with van der Waals surface area (Å²) in [5, 5.41) is 3.09. The van der Waals surface area contributed by atoms with Gasteiger partial charge in [-0.15, -0.1) is 6.58 Å². The number of allylic oxidation sites excluding steroid dienone is 1. The van der Waals surface area contributed by atoms with Gasteiger partial charge in [0.25, 0.3) is 5.91 Å². The van der Waals surface area contributed by atoms with E-state index in [1.165, 1.54) is 55.6 Å². The number of carbonyl (C=O) groups excluding carboxylic acids is 1.